The second kappa shape index (κ2) is 7.79. The molecule has 0 aromatic heterocycles. The van der Waals surface area contributed by atoms with Crippen molar-refractivity contribution in [3.63, 3.8) is 0 Å². The average Bonchev–Trinajstić information content (AvgIpc) is 2.48. The Hall–Kier alpha value is -0.870. The molecule has 4 heteroatoms. The van der Waals surface area contributed by atoms with Gasteiger partial charge < -0.3 is 5.32 Å². The highest BCUT2D eigenvalue weighted by molar-refractivity contribution is 7.85. The molecule has 1 saturated heterocycles. The summed E-state index contributed by atoms with van der Waals surface area (Å²) in [6.07, 6.45) is 2.04. The van der Waals surface area contributed by atoms with E-state index in [2.05, 4.69) is 48.3 Å². The van der Waals surface area contributed by atoms with Crippen LogP contribution in [-0.2, 0) is 17.3 Å². The summed E-state index contributed by atoms with van der Waals surface area (Å²) in [5, 5.41) is 3.66. The van der Waals surface area contributed by atoms with Crippen LogP contribution in [0.5, 0.6) is 0 Å². The van der Waals surface area contributed by atoms with Crippen molar-refractivity contribution in [2.24, 2.45) is 0 Å². The highest BCUT2D eigenvalue weighted by Gasteiger charge is 2.18. The topological polar surface area (TPSA) is 32.3 Å². The zero-order valence-corrected chi connectivity index (χ0v) is 13.4. The molecular weight excluding hydrogens is 268 g/mol. The Labute approximate surface area is 125 Å². The highest BCUT2D eigenvalue weighted by Crippen LogP contribution is 2.21. The molecule has 0 bridgehead atoms. The lowest BCUT2D eigenvalue weighted by atomic mass is 10.1. The van der Waals surface area contributed by atoms with Gasteiger partial charge in [-0.2, -0.15) is 0 Å². The molecule has 0 saturated carbocycles. The molecule has 1 aliphatic heterocycles. The third-order valence-electron chi connectivity index (χ3n) is 4.05. The largest absolute Gasteiger partial charge is 0.382 e. The van der Waals surface area contributed by atoms with Crippen molar-refractivity contribution in [1.29, 1.82) is 0 Å². The van der Waals surface area contributed by atoms with Crippen LogP contribution in [0.3, 0.4) is 0 Å². The van der Waals surface area contributed by atoms with Gasteiger partial charge in [0.1, 0.15) is 0 Å². The van der Waals surface area contributed by atoms with Crippen LogP contribution in [0, 0.1) is 0 Å². The van der Waals surface area contributed by atoms with Crippen molar-refractivity contribution < 1.29 is 4.21 Å². The molecule has 0 atom stereocenters. The molecule has 3 nitrogen and oxygen atoms in total. The van der Waals surface area contributed by atoms with Crippen LogP contribution in [0.4, 0.5) is 5.69 Å². The van der Waals surface area contributed by atoms with Gasteiger partial charge in [-0.25, -0.2) is 0 Å². The minimum atomic E-state index is -0.584. The number of hydrogen-bond donors (Lipinski definition) is 1. The van der Waals surface area contributed by atoms with Crippen molar-refractivity contribution in [2.75, 3.05) is 29.9 Å². The first-order valence-corrected chi connectivity index (χ1v) is 9.13. The summed E-state index contributed by atoms with van der Waals surface area (Å²) < 4.78 is 11.4. The second-order valence-electron chi connectivity index (χ2n) is 5.39. The summed E-state index contributed by atoms with van der Waals surface area (Å²) in [7, 11) is -0.584. The molecule has 2 rings (SSSR count). The van der Waals surface area contributed by atoms with Gasteiger partial charge in [-0.1, -0.05) is 32.0 Å². The van der Waals surface area contributed by atoms with Gasteiger partial charge in [0.2, 0.25) is 0 Å². The lowest BCUT2D eigenvalue weighted by Gasteiger charge is -2.26. The van der Waals surface area contributed by atoms with Gasteiger partial charge in [0, 0.05) is 40.6 Å². The third-order valence-corrected chi connectivity index (χ3v) is 5.44. The normalized spacial score (nSPS) is 22.9. The molecule has 1 fully saturated rings. The first-order valence-electron chi connectivity index (χ1n) is 7.64. The number of hydrogen-bond acceptors (Lipinski definition) is 3. The Morgan fingerprint density at radius 2 is 1.85 bits per heavy atom. The molecule has 1 heterocycles. The summed E-state index contributed by atoms with van der Waals surface area (Å²) >= 11 is 0. The van der Waals surface area contributed by atoms with Crippen LogP contribution in [0.1, 0.15) is 32.3 Å². The standard InChI is InChI=1S/C16H26N2OS/c1-3-18(4-2)13-14-7-5-6-8-16(14)17-15-9-11-20(19)12-10-15/h5-8,15,17H,3-4,9-13H2,1-2H3. The first kappa shape index (κ1) is 15.5. The molecule has 1 aromatic carbocycles. The van der Waals surface area contributed by atoms with Crippen molar-refractivity contribution in [2.45, 2.75) is 39.3 Å². The molecule has 1 aromatic rings. The van der Waals surface area contributed by atoms with Crippen LogP contribution >= 0.6 is 0 Å². The van der Waals surface area contributed by atoms with E-state index >= 15 is 0 Å². The van der Waals surface area contributed by atoms with Crippen molar-refractivity contribution in [3.8, 4) is 0 Å². The predicted molar refractivity (Wildman–Crippen MR) is 87.6 cm³/mol. The Kier molecular flexibility index (Phi) is 6.05. The van der Waals surface area contributed by atoms with Gasteiger partial charge in [-0.3, -0.25) is 9.11 Å². The molecule has 20 heavy (non-hydrogen) atoms. The van der Waals surface area contributed by atoms with Crippen LogP contribution in [-0.4, -0.2) is 39.7 Å². The fourth-order valence-corrected chi connectivity index (χ4v) is 3.94. The molecule has 0 amide bonds. The molecular formula is C16H26N2OS. The number of benzene rings is 1. The molecule has 1 N–H and O–H groups in total. The van der Waals surface area contributed by atoms with Crippen LogP contribution in [0.2, 0.25) is 0 Å². The van der Waals surface area contributed by atoms with Gasteiger partial charge >= 0.3 is 0 Å². The van der Waals surface area contributed by atoms with Crippen molar-refractivity contribution in [1.82, 2.24) is 4.90 Å². The molecule has 0 spiro atoms. The number of nitrogens with one attached hydrogen (secondary N) is 1. The number of para-hydroxylation sites is 1. The number of nitrogens with zero attached hydrogens (tertiary/aromatic N) is 1. The van der Waals surface area contributed by atoms with E-state index < -0.39 is 10.8 Å². The van der Waals surface area contributed by atoms with Crippen LogP contribution in [0.15, 0.2) is 24.3 Å². The van der Waals surface area contributed by atoms with Gasteiger partial charge in [-0.15, -0.1) is 0 Å². The summed E-state index contributed by atoms with van der Waals surface area (Å²) in [5.74, 6) is 1.69. The molecule has 0 radical (unpaired) electrons. The Morgan fingerprint density at radius 1 is 1.20 bits per heavy atom. The fraction of sp³-hybridized carbons (Fsp3) is 0.625. The van der Waals surface area contributed by atoms with Crippen molar-refractivity contribution in [3.05, 3.63) is 29.8 Å². The number of anilines is 1. The average molecular weight is 294 g/mol. The Morgan fingerprint density at radius 3 is 2.50 bits per heavy atom. The fourth-order valence-electron chi connectivity index (χ4n) is 2.65. The number of rotatable bonds is 6. The molecule has 0 aliphatic carbocycles. The minimum absolute atomic E-state index is 0.477. The van der Waals surface area contributed by atoms with E-state index in [9.17, 15) is 4.21 Å². The lowest BCUT2D eigenvalue weighted by Crippen LogP contribution is -2.30. The summed E-state index contributed by atoms with van der Waals surface area (Å²) in [5.41, 5.74) is 2.61. The summed E-state index contributed by atoms with van der Waals surface area (Å²) in [4.78, 5) is 2.43. The molecule has 0 unspecified atom stereocenters. The first-order chi connectivity index (χ1) is 9.72. The zero-order valence-electron chi connectivity index (χ0n) is 12.6. The maximum absolute atomic E-state index is 11.4. The van der Waals surface area contributed by atoms with E-state index in [-0.39, 0.29) is 0 Å². The maximum Gasteiger partial charge on any atom is 0.0388 e. The molecule has 1 aliphatic rings. The van der Waals surface area contributed by atoms with Gasteiger partial charge in [0.15, 0.2) is 0 Å². The van der Waals surface area contributed by atoms with Crippen LogP contribution in [0.25, 0.3) is 0 Å². The summed E-state index contributed by atoms with van der Waals surface area (Å²) in [6.45, 7) is 7.56. The monoisotopic (exact) mass is 294 g/mol. The second-order valence-corrected chi connectivity index (χ2v) is 7.08. The van der Waals surface area contributed by atoms with E-state index in [1.165, 1.54) is 11.3 Å². The maximum atomic E-state index is 11.4. The van der Waals surface area contributed by atoms with Gasteiger partial charge in [-0.05, 0) is 37.6 Å². The minimum Gasteiger partial charge on any atom is -0.382 e. The van der Waals surface area contributed by atoms with Crippen LogP contribution < -0.4 is 5.32 Å². The van der Waals surface area contributed by atoms with E-state index in [4.69, 9.17) is 0 Å². The van der Waals surface area contributed by atoms with E-state index in [0.717, 1.165) is 44.0 Å². The zero-order chi connectivity index (χ0) is 14.4. The van der Waals surface area contributed by atoms with E-state index in [0.29, 0.717) is 6.04 Å². The SMILES string of the molecule is CCN(CC)Cc1ccccc1NC1CCS(=O)CC1. The van der Waals surface area contributed by atoms with Gasteiger partial charge in [0.05, 0.1) is 0 Å². The highest BCUT2D eigenvalue weighted by atomic mass is 32.2. The van der Waals surface area contributed by atoms with E-state index in [1.54, 1.807) is 0 Å². The quantitative estimate of drug-likeness (QED) is 0.875. The summed E-state index contributed by atoms with van der Waals surface area (Å²) in [6, 6.07) is 9.06. The molecule has 112 valence electrons. The third kappa shape index (κ3) is 4.32. The Balaban J connectivity index is 2.02. The predicted octanol–water partition coefficient (Wildman–Crippen LogP) is 2.85. The van der Waals surface area contributed by atoms with Gasteiger partial charge in [0.25, 0.3) is 0 Å². The van der Waals surface area contributed by atoms with E-state index in [1.807, 2.05) is 0 Å². The Bertz CT molecular complexity index is 436. The smallest absolute Gasteiger partial charge is 0.0388 e. The van der Waals surface area contributed by atoms with Crippen molar-refractivity contribution >= 4 is 16.5 Å². The lowest BCUT2D eigenvalue weighted by molar-refractivity contribution is 0.296.